The molecule has 0 fully saturated rings. The fourth-order valence-corrected chi connectivity index (χ4v) is 2.39. The second kappa shape index (κ2) is 13.1. The van der Waals surface area contributed by atoms with Crippen molar-refractivity contribution in [3.05, 3.63) is 42.2 Å². The highest BCUT2D eigenvalue weighted by atomic mass is 16.5. The van der Waals surface area contributed by atoms with E-state index in [4.69, 9.17) is 4.74 Å². The number of benzene rings is 1. The summed E-state index contributed by atoms with van der Waals surface area (Å²) in [6, 6.07) is 9.84. The van der Waals surface area contributed by atoms with E-state index in [1.807, 2.05) is 36.4 Å². The Balaban J connectivity index is 1.94. The number of carbonyl (C=O) groups is 1. The molecule has 0 aliphatic carbocycles. The molecule has 0 saturated heterocycles. The van der Waals surface area contributed by atoms with Crippen LogP contribution in [0.2, 0.25) is 0 Å². The lowest BCUT2D eigenvalue weighted by Gasteiger charge is -2.02. The van der Waals surface area contributed by atoms with Crippen LogP contribution >= 0.6 is 0 Å². The number of carbonyl (C=O) groups excluding carboxylic acids is 1. The van der Waals surface area contributed by atoms with Gasteiger partial charge in [-0.2, -0.15) is 0 Å². The summed E-state index contributed by atoms with van der Waals surface area (Å²) in [5.41, 5.74) is 1.04. The molecule has 0 aliphatic heterocycles. The smallest absolute Gasteiger partial charge is 0.310 e. The van der Waals surface area contributed by atoms with Crippen LogP contribution in [-0.4, -0.2) is 5.97 Å². The molecule has 122 valence electrons. The maximum Gasteiger partial charge on any atom is 0.310 e. The zero-order valence-corrected chi connectivity index (χ0v) is 13.9. The van der Waals surface area contributed by atoms with Crippen molar-refractivity contribution in [3.63, 3.8) is 0 Å². The van der Waals surface area contributed by atoms with Gasteiger partial charge in [0.2, 0.25) is 0 Å². The van der Waals surface area contributed by atoms with Crippen molar-refractivity contribution >= 4 is 12.0 Å². The van der Waals surface area contributed by atoms with Gasteiger partial charge in [-0.1, -0.05) is 88.6 Å². The van der Waals surface area contributed by atoms with Crippen LogP contribution in [0.25, 0.3) is 6.08 Å². The van der Waals surface area contributed by atoms with Crippen LogP contribution in [-0.2, 0) is 9.53 Å². The summed E-state index contributed by atoms with van der Waals surface area (Å²) >= 11 is 0. The fraction of sp³-hybridized carbons (Fsp3) is 0.550. The van der Waals surface area contributed by atoms with E-state index in [2.05, 4.69) is 6.92 Å². The Bertz CT molecular complexity index is 409. The highest BCUT2D eigenvalue weighted by Gasteiger charge is 2.00. The molecule has 0 spiro atoms. The normalized spacial score (nSPS) is 11.0. The SMILES string of the molecule is CCCCCCCCCCCC(=O)O/C=C/c1ccccc1. The second-order valence-electron chi connectivity index (χ2n) is 5.78. The van der Waals surface area contributed by atoms with Crippen LogP contribution < -0.4 is 0 Å². The molecule has 0 bridgehead atoms. The standard InChI is InChI=1S/C20H30O2/c1-2-3-4-5-6-7-8-9-13-16-20(21)22-18-17-19-14-11-10-12-15-19/h10-12,14-15,17-18H,2-9,13,16H2,1H3/b18-17+. The van der Waals surface area contributed by atoms with E-state index in [1.165, 1.54) is 51.2 Å². The third-order valence-corrected chi connectivity index (χ3v) is 3.74. The topological polar surface area (TPSA) is 26.3 Å². The molecular formula is C20H30O2. The van der Waals surface area contributed by atoms with Crippen LogP contribution in [0.3, 0.4) is 0 Å². The van der Waals surface area contributed by atoms with Crippen molar-refractivity contribution < 1.29 is 9.53 Å². The van der Waals surface area contributed by atoms with Gasteiger partial charge in [0.25, 0.3) is 0 Å². The van der Waals surface area contributed by atoms with Crippen molar-refractivity contribution in [1.29, 1.82) is 0 Å². The van der Waals surface area contributed by atoms with Gasteiger partial charge in [-0.3, -0.25) is 4.79 Å². The molecule has 0 N–H and O–H groups in total. The molecule has 0 saturated carbocycles. The third kappa shape index (κ3) is 10.2. The molecule has 2 heteroatoms. The lowest BCUT2D eigenvalue weighted by atomic mass is 10.1. The molecule has 1 rings (SSSR count). The number of rotatable bonds is 12. The minimum absolute atomic E-state index is 0.130. The molecule has 2 nitrogen and oxygen atoms in total. The summed E-state index contributed by atoms with van der Waals surface area (Å²) in [4.78, 5) is 11.6. The summed E-state index contributed by atoms with van der Waals surface area (Å²) in [6.45, 7) is 2.24. The Labute approximate surface area is 135 Å². The summed E-state index contributed by atoms with van der Waals surface area (Å²) in [5.74, 6) is -0.130. The van der Waals surface area contributed by atoms with Crippen molar-refractivity contribution in [2.24, 2.45) is 0 Å². The first-order chi connectivity index (χ1) is 10.8. The summed E-state index contributed by atoms with van der Waals surface area (Å²) in [7, 11) is 0. The first kappa shape index (κ1) is 18.5. The van der Waals surface area contributed by atoms with Crippen LogP contribution in [0.4, 0.5) is 0 Å². The zero-order chi connectivity index (χ0) is 15.9. The van der Waals surface area contributed by atoms with Gasteiger partial charge in [0.15, 0.2) is 0 Å². The van der Waals surface area contributed by atoms with Gasteiger partial charge in [0.1, 0.15) is 0 Å². The largest absolute Gasteiger partial charge is 0.434 e. The Morgan fingerprint density at radius 2 is 1.50 bits per heavy atom. The second-order valence-corrected chi connectivity index (χ2v) is 5.78. The van der Waals surface area contributed by atoms with Gasteiger partial charge in [-0.15, -0.1) is 0 Å². The Morgan fingerprint density at radius 3 is 2.14 bits per heavy atom. The van der Waals surface area contributed by atoms with Crippen LogP contribution in [0.15, 0.2) is 36.6 Å². The molecule has 1 aromatic rings. The highest BCUT2D eigenvalue weighted by Crippen LogP contribution is 2.11. The maximum absolute atomic E-state index is 11.6. The molecular weight excluding hydrogens is 272 g/mol. The predicted octanol–water partition coefficient (Wildman–Crippen LogP) is 6.12. The zero-order valence-electron chi connectivity index (χ0n) is 13.9. The molecule has 0 heterocycles. The van der Waals surface area contributed by atoms with E-state index in [0.717, 1.165) is 18.4 Å². The molecule has 0 radical (unpaired) electrons. The van der Waals surface area contributed by atoms with E-state index >= 15 is 0 Å². The number of hydrogen-bond donors (Lipinski definition) is 0. The first-order valence-electron chi connectivity index (χ1n) is 8.74. The Hall–Kier alpha value is -1.57. The van der Waals surface area contributed by atoms with E-state index in [-0.39, 0.29) is 5.97 Å². The van der Waals surface area contributed by atoms with E-state index in [0.29, 0.717) is 6.42 Å². The molecule has 0 aliphatic rings. The van der Waals surface area contributed by atoms with Gasteiger partial charge >= 0.3 is 5.97 Å². The molecule has 0 amide bonds. The van der Waals surface area contributed by atoms with Gasteiger partial charge in [-0.25, -0.2) is 0 Å². The Kier molecular flexibility index (Phi) is 11.0. The molecule has 0 unspecified atom stereocenters. The summed E-state index contributed by atoms with van der Waals surface area (Å²) in [5, 5.41) is 0. The number of ether oxygens (including phenoxy) is 1. The first-order valence-corrected chi connectivity index (χ1v) is 8.74. The average Bonchev–Trinajstić information content (AvgIpc) is 2.54. The Morgan fingerprint density at radius 1 is 0.909 bits per heavy atom. The van der Waals surface area contributed by atoms with Crippen LogP contribution in [0.1, 0.15) is 76.7 Å². The molecule has 0 aromatic heterocycles. The summed E-state index contributed by atoms with van der Waals surface area (Å²) < 4.78 is 5.10. The number of hydrogen-bond acceptors (Lipinski definition) is 2. The molecule has 0 atom stereocenters. The van der Waals surface area contributed by atoms with Crippen molar-refractivity contribution in [3.8, 4) is 0 Å². The van der Waals surface area contributed by atoms with E-state index in [9.17, 15) is 4.79 Å². The van der Waals surface area contributed by atoms with Gasteiger partial charge in [0, 0.05) is 6.42 Å². The lowest BCUT2D eigenvalue weighted by Crippen LogP contribution is -1.98. The van der Waals surface area contributed by atoms with E-state index in [1.54, 1.807) is 0 Å². The van der Waals surface area contributed by atoms with Crippen LogP contribution in [0.5, 0.6) is 0 Å². The third-order valence-electron chi connectivity index (χ3n) is 3.74. The highest BCUT2D eigenvalue weighted by molar-refractivity contribution is 5.70. The van der Waals surface area contributed by atoms with Gasteiger partial charge in [0.05, 0.1) is 6.26 Å². The average molecular weight is 302 g/mol. The predicted molar refractivity (Wildman–Crippen MR) is 93.4 cm³/mol. The van der Waals surface area contributed by atoms with Crippen LogP contribution in [0, 0.1) is 0 Å². The molecule has 22 heavy (non-hydrogen) atoms. The quantitative estimate of drug-likeness (QED) is 0.264. The van der Waals surface area contributed by atoms with Crippen molar-refractivity contribution in [2.75, 3.05) is 0 Å². The number of unbranched alkanes of at least 4 members (excludes halogenated alkanes) is 8. The lowest BCUT2D eigenvalue weighted by molar-refractivity contribution is -0.138. The van der Waals surface area contributed by atoms with Crippen molar-refractivity contribution in [2.45, 2.75) is 71.1 Å². The minimum atomic E-state index is -0.130. The van der Waals surface area contributed by atoms with Crippen molar-refractivity contribution in [1.82, 2.24) is 0 Å². The van der Waals surface area contributed by atoms with Gasteiger partial charge in [-0.05, 0) is 18.1 Å². The minimum Gasteiger partial charge on any atom is -0.434 e. The van der Waals surface area contributed by atoms with Gasteiger partial charge < -0.3 is 4.74 Å². The molecule has 1 aromatic carbocycles. The fourth-order valence-electron chi connectivity index (χ4n) is 2.39. The number of esters is 1. The summed E-state index contributed by atoms with van der Waals surface area (Å²) in [6.07, 6.45) is 15.2. The van der Waals surface area contributed by atoms with E-state index < -0.39 is 0 Å². The maximum atomic E-state index is 11.6. The monoisotopic (exact) mass is 302 g/mol.